The van der Waals surface area contributed by atoms with Gasteiger partial charge in [-0.2, -0.15) is 0 Å². The van der Waals surface area contributed by atoms with Crippen molar-refractivity contribution in [3.63, 3.8) is 0 Å². The molecule has 2 rings (SSSR count). The SMILES string of the molecule is CN[C@@H](Cc1c[nH]c2ccncc12)C(=O)O. The van der Waals surface area contributed by atoms with Crippen molar-refractivity contribution < 1.29 is 9.90 Å². The van der Waals surface area contributed by atoms with Gasteiger partial charge in [0.05, 0.1) is 0 Å². The van der Waals surface area contributed by atoms with E-state index in [4.69, 9.17) is 5.11 Å². The van der Waals surface area contributed by atoms with Crippen LogP contribution in [0.15, 0.2) is 24.7 Å². The van der Waals surface area contributed by atoms with Crippen molar-refractivity contribution in [2.24, 2.45) is 0 Å². The average molecular weight is 219 g/mol. The number of likely N-dealkylation sites (N-methyl/N-ethyl adjacent to an activating group) is 1. The van der Waals surface area contributed by atoms with Crippen LogP contribution in [0.3, 0.4) is 0 Å². The number of nitrogens with zero attached hydrogens (tertiary/aromatic N) is 1. The van der Waals surface area contributed by atoms with Gasteiger partial charge in [0.1, 0.15) is 6.04 Å². The van der Waals surface area contributed by atoms with Crippen LogP contribution in [0.4, 0.5) is 0 Å². The number of aromatic amines is 1. The first-order valence-electron chi connectivity index (χ1n) is 5.02. The summed E-state index contributed by atoms with van der Waals surface area (Å²) in [6.07, 6.45) is 5.72. The molecule has 2 aromatic heterocycles. The van der Waals surface area contributed by atoms with E-state index in [1.807, 2.05) is 12.3 Å². The quantitative estimate of drug-likeness (QED) is 0.710. The fraction of sp³-hybridized carbons (Fsp3) is 0.273. The summed E-state index contributed by atoms with van der Waals surface area (Å²) in [6.45, 7) is 0. The van der Waals surface area contributed by atoms with Crippen molar-refractivity contribution >= 4 is 16.9 Å². The van der Waals surface area contributed by atoms with E-state index in [1.54, 1.807) is 19.4 Å². The summed E-state index contributed by atoms with van der Waals surface area (Å²) in [7, 11) is 1.64. The molecule has 0 bridgehead atoms. The average Bonchev–Trinajstić information content (AvgIpc) is 2.69. The molecule has 0 saturated heterocycles. The zero-order chi connectivity index (χ0) is 11.5. The predicted molar refractivity (Wildman–Crippen MR) is 60.3 cm³/mol. The molecule has 0 radical (unpaired) electrons. The number of carboxylic acid groups (broad SMARTS) is 1. The first kappa shape index (κ1) is 10.6. The van der Waals surface area contributed by atoms with Crippen LogP contribution in [0, 0.1) is 0 Å². The number of carbonyl (C=O) groups is 1. The van der Waals surface area contributed by atoms with Gasteiger partial charge in [0.25, 0.3) is 0 Å². The lowest BCUT2D eigenvalue weighted by Gasteiger charge is -2.09. The van der Waals surface area contributed by atoms with E-state index < -0.39 is 12.0 Å². The maximum Gasteiger partial charge on any atom is 0.321 e. The summed E-state index contributed by atoms with van der Waals surface area (Å²) in [5.74, 6) is -0.847. The van der Waals surface area contributed by atoms with E-state index in [1.165, 1.54) is 0 Å². The fourth-order valence-corrected chi connectivity index (χ4v) is 1.72. The second kappa shape index (κ2) is 4.32. The molecule has 0 aliphatic rings. The summed E-state index contributed by atoms with van der Waals surface area (Å²) in [5, 5.41) is 12.7. The highest BCUT2D eigenvalue weighted by atomic mass is 16.4. The molecule has 5 heteroatoms. The minimum atomic E-state index is -0.847. The summed E-state index contributed by atoms with van der Waals surface area (Å²) >= 11 is 0. The molecule has 0 aromatic carbocycles. The van der Waals surface area contributed by atoms with Gasteiger partial charge in [0.15, 0.2) is 0 Å². The molecule has 2 aromatic rings. The first-order chi connectivity index (χ1) is 7.72. The number of aromatic nitrogens is 2. The zero-order valence-corrected chi connectivity index (χ0v) is 8.90. The lowest BCUT2D eigenvalue weighted by atomic mass is 10.1. The lowest BCUT2D eigenvalue weighted by Crippen LogP contribution is -2.35. The van der Waals surface area contributed by atoms with Crippen molar-refractivity contribution in [2.75, 3.05) is 7.05 Å². The molecule has 1 atom stereocenters. The van der Waals surface area contributed by atoms with Crippen molar-refractivity contribution in [3.05, 3.63) is 30.2 Å². The van der Waals surface area contributed by atoms with Crippen LogP contribution in [-0.4, -0.2) is 34.1 Å². The minimum absolute atomic E-state index is 0.442. The van der Waals surface area contributed by atoms with E-state index in [0.29, 0.717) is 6.42 Å². The van der Waals surface area contributed by atoms with Gasteiger partial charge in [-0.25, -0.2) is 0 Å². The molecule has 0 spiro atoms. The van der Waals surface area contributed by atoms with Crippen LogP contribution >= 0.6 is 0 Å². The molecular weight excluding hydrogens is 206 g/mol. The van der Waals surface area contributed by atoms with E-state index in [9.17, 15) is 4.79 Å². The van der Waals surface area contributed by atoms with Crippen molar-refractivity contribution in [3.8, 4) is 0 Å². The number of fused-ring (bicyclic) bond motifs is 1. The first-order valence-corrected chi connectivity index (χ1v) is 5.02. The number of pyridine rings is 1. The molecule has 0 aliphatic heterocycles. The molecule has 84 valence electrons. The normalized spacial score (nSPS) is 12.8. The van der Waals surface area contributed by atoms with E-state index in [0.717, 1.165) is 16.5 Å². The van der Waals surface area contributed by atoms with Crippen LogP contribution in [0.2, 0.25) is 0 Å². The van der Waals surface area contributed by atoms with Gasteiger partial charge < -0.3 is 15.4 Å². The number of hydrogen-bond donors (Lipinski definition) is 3. The van der Waals surface area contributed by atoms with Gasteiger partial charge in [0.2, 0.25) is 0 Å². The number of nitrogens with one attached hydrogen (secondary N) is 2. The van der Waals surface area contributed by atoms with Crippen LogP contribution in [0.25, 0.3) is 10.9 Å². The standard InChI is InChI=1S/C11H13N3O2/c1-12-10(11(15)16)4-7-5-14-9-2-3-13-6-8(7)9/h2-3,5-6,10,12,14H,4H2,1H3,(H,15,16)/t10-/m0/s1. The van der Waals surface area contributed by atoms with Crippen LogP contribution in [0.5, 0.6) is 0 Å². The Bertz CT molecular complexity index is 507. The third-order valence-electron chi connectivity index (χ3n) is 2.64. The van der Waals surface area contributed by atoms with Gasteiger partial charge in [-0.15, -0.1) is 0 Å². The molecule has 3 N–H and O–H groups in total. The van der Waals surface area contributed by atoms with Gasteiger partial charge in [-0.1, -0.05) is 0 Å². The van der Waals surface area contributed by atoms with Gasteiger partial charge in [-0.05, 0) is 18.7 Å². The smallest absolute Gasteiger partial charge is 0.321 e. The Labute approximate surface area is 92.5 Å². The molecule has 0 fully saturated rings. The minimum Gasteiger partial charge on any atom is -0.480 e. The Morgan fingerprint density at radius 2 is 2.50 bits per heavy atom. The zero-order valence-electron chi connectivity index (χ0n) is 8.90. The molecule has 2 heterocycles. The fourth-order valence-electron chi connectivity index (χ4n) is 1.72. The Morgan fingerprint density at radius 3 is 3.19 bits per heavy atom. The third kappa shape index (κ3) is 1.90. The number of hydrogen-bond acceptors (Lipinski definition) is 3. The number of H-pyrrole nitrogens is 1. The number of aliphatic carboxylic acids is 1. The Morgan fingerprint density at radius 1 is 1.69 bits per heavy atom. The topological polar surface area (TPSA) is 78.0 Å². The summed E-state index contributed by atoms with van der Waals surface area (Å²) in [6, 6.07) is 1.30. The third-order valence-corrected chi connectivity index (χ3v) is 2.64. The number of carboxylic acids is 1. The Kier molecular flexibility index (Phi) is 2.87. The second-order valence-electron chi connectivity index (χ2n) is 3.62. The highest BCUT2D eigenvalue weighted by molar-refractivity contribution is 5.83. The summed E-state index contributed by atoms with van der Waals surface area (Å²) < 4.78 is 0. The predicted octanol–water partition coefficient (Wildman–Crippen LogP) is 0.778. The molecule has 0 aliphatic carbocycles. The van der Waals surface area contributed by atoms with E-state index in [-0.39, 0.29) is 0 Å². The number of rotatable bonds is 4. The maximum atomic E-state index is 10.9. The molecule has 0 unspecified atom stereocenters. The Balaban J connectivity index is 2.30. The Hall–Kier alpha value is -1.88. The monoisotopic (exact) mass is 219 g/mol. The lowest BCUT2D eigenvalue weighted by molar-refractivity contribution is -0.139. The van der Waals surface area contributed by atoms with Crippen molar-refractivity contribution in [1.29, 1.82) is 0 Å². The molecule has 5 nitrogen and oxygen atoms in total. The highest BCUT2D eigenvalue weighted by Crippen LogP contribution is 2.17. The molecule has 0 saturated carbocycles. The second-order valence-corrected chi connectivity index (χ2v) is 3.62. The van der Waals surface area contributed by atoms with Crippen molar-refractivity contribution in [2.45, 2.75) is 12.5 Å². The van der Waals surface area contributed by atoms with E-state index in [2.05, 4.69) is 15.3 Å². The summed E-state index contributed by atoms with van der Waals surface area (Å²) in [5.41, 5.74) is 1.94. The molecule has 0 amide bonds. The molecular formula is C11H13N3O2. The maximum absolute atomic E-state index is 10.9. The highest BCUT2D eigenvalue weighted by Gasteiger charge is 2.17. The molecule has 16 heavy (non-hydrogen) atoms. The largest absolute Gasteiger partial charge is 0.480 e. The van der Waals surface area contributed by atoms with Gasteiger partial charge >= 0.3 is 5.97 Å². The summed E-state index contributed by atoms with van der Waals surface area (Å²) in [4.78, 5) is 18.0. The van der Waals surface area contributed by atoms with Crippen LogP contribution in [0.1, 0.15) is 5.56 Å². The van der Waals surface area contributed by atoms with Gasteiger partial charge in [0, 0.05) is 35.9 Å². The van der Waals surface area contributed by atoms with E-state index >= 15 is 0 Å². The van der Waals surface area contributed by atoms with Crippen molar-refractivity contribution in [1.82, 2.24) is 15.3 Å². The van der Waals surface area contributed by atoms with Crippen LogP contribution in [-0.2, 0) is 11.2 Å². The van der Waals surface area contributed by atoms with Gasteiger partial charge in [-0.3, -0.25) is 9.78 Å². The van der Waals surface area contributed by atoms with Crippen LogP contribution < -0.4 is 5.32 Å².